The van der Waals surface area contributed by atoms with E-state index in [1.807, 2.05) is 0 Å². The van der Waals surface area contributed by atoms with Crippen LogP contribution < -0.4 is 5.73 Å². The molecule has 3 rings (SSSR count). The summed E-state index contributed by atoms with van der Waals surface area (Å²) in [7, 11) is 0. The Labute approximate surface area is 122 Å². The average Bonchev–Trinajstić information content (AvgIpc) is 2.96. The van der Waals surface area contributed by atoms with Gasteiger partial charge in [-0.15, -0.1) is 0 Å². The van der Waals surface area contributed by atoms with Crippen molar-refractivity contribution >= 4 is 0 Å². The first-order valence-corrected chi connectivity index (χ1v) is 7.17. The van der Waals surface area contributed by atoms with Crippen LogP contribution in [0.3, 0.4) is 0 Å². The molecule has 1 aliphatic rings. The zero-order chi connectivity index (χ0) is 14.7. The van der Waals surface area contributed by atoms with Crippen LogP contribution in [0.4, 0.5) is 4.39 Å². The molecule has 5 nitrogen and oxygen atoms in total. The number of halogens is 1. The Hall–Kier alpha value is -1.79. The molecule has 0 amide bonds. The molecule has 2 aromatic rings. The molecule has 112 valence electrons. The Balaban J connectivity index is 1.59. The second-order valence-corrected chi connectivity index (χ2v) is 5.34. The van der Waals surface area contributed by atoms with E-state index in [9.17, 15) is 4.39 Å². The number of benzene rings is 1. The molecule has 21 heavy (non-hydrogen) atoms. The molecule has 1 aromatic carbocycles. The molecule has 1 fully saturated rings. The maximum absolute atomic E-state index is 13.6. The van der Waals surface area contributed by atoms with Crippen molar-refractivity contribution in [1.82, 2.24) is 10.1 Å². The van der Waals surface area contributed by atoms with Crippen LogP contribution in [0.15, 0.2) is 28.8 Å². The van der Waals surface area contributed by atoms with Crippen LogP contribution in [0.2, 0.25) is 0 Å². The van der Waals surface area contributed by atoms with E-state index in [2.05, 4.69) is 10.1 Å². The lowest BCUT2D eigenvalue weighted by molar-refractivity contribution is 0.00192. The van der Waals surface area contributed by atoms with Crippen molar-refractivity contribution in [3.63, 3.8) is 0 Å². The second-order valence-electron chi connectivity index (χ2n) is 5.34. The zero-order valence-corrected chi connectivity index (χ0v) is 11.7. The number of nitrogens with two attached hydrogens (primary N) is 1. The van der Waals surface area contributed by atoms with Crippen LogP contribution in [-0.4, -0.2) is 22.3 Å². The van der Waals surface area contributed by atoms with Crippen molar-refractivity contribution in [2.45, 2.75) is 44.4 Å². The lowest BCUT2D eigenvalue weighted by Crippen LogP contribution is -2.30. The van der Waals surface area contributed by atoms with E-state index in [-0.39, 0.29) is 24.4 Å². The monoisotopic (exact) mass is 291 g/mol. The summed E-state index contributed by atoms with van der Waals surface area (Å²) in [6, 6.07) is 6.63. The van der Waals surface area contributed by atoms with E-state index >= 15 is 0 Å². The molecule has 2 N–H and O–H groups in total. The highest BCUT2D eigenvalue weighted by Gasteiger charge is 2.20. The third kappa shape index (κ3) is 3.46. The molecule has 1 aliphatic carbocycles. The van der Waals surface area contributed by atoms with Crippen molar-refractivity contribution < 1.29 is 13.7 Å². The van der Waals surface area contributed by atoms with Gasteiger partial charge in [-0.05, 0) is 37.8 Å². The van der Waals surface area contributed by atoms with Gasteiger partial charge in [0.15, 0.2) is 0 Å². The molecule has 0 radical (unpaired) electrons. The number of aromatic nitrogens is 2. The number of ether oxygens (including phenoxy) is 1. The van der Waals surface area contributed by atoms with E-state index in [1.165, 1.54) is 6.07 Å². The van der Waals surface area contributed by atoms with E-state index in [4.69, 9.17) is 15.0 Å². The van der Waals surface area contributed by atoms with Crippen LogP contribution in [0.1, 0.15) is 31.6 Å². The molecule has 1 heterocycles. The average molecular weight is 291 g/mol. The fraction of sp³-hybridized carbons (Fsp3) is 0.467. The highest BCUT2D eigenvalue weighted by Crippen LogP contribution is 2.22. The summed E-state index contributed by atoms with van der Waals surface area (Å²) in [5.74, 6) is 0.243. The minimum Gasteiger partial charge on any atom is -0.368 e. The number of hydrogen-bond donors (Lipinski definition) is 1. The summed E-state index contributed by atoms with van der Waals surface area (Å²) in [5, 5.41) is 3.80. The van der Waals surface area contributed by atoms with Gasteiger partial charge in [-0.2, -0.15) is 4.98 Å². The summed E-state index contributed by atoms with van der Waals surface area (Å²) in [5.41, 5.74) is 6.18. The zero-order valence-electron chi connectivity index (χ0n) is 11.7. The molecule has 6 heteroatoms. The second kappa shape index (κ2) is 6.32. The van der Waals surface area contributed by atoms with Gasteiger partial charge in [-0.3, -0.25) is 0 Å². The fourth-order valence-corrected chi connectivity index (χ4v) is 2.51. The summed E-state index contributed by atoms with van der Waals surface area (Å²) < 4.78 is 24.5. The standard InChI is InChI=1S/C15H18FN3O2/c16-13-4-2-1-3-12(13)15-18-14(21-19-15)9-20-11-7-5-10(17)6-8-11/h1-4,10-11H,5-9,17H2. The molecular formula is C15H18FN3O2. The Morgan fingerprint density at radius 3 is 2.76 bits per heavy atom. The van der Waals surface area contributed by atoms with E-state index < -0.39 is 0 Å². The Morgan fingerprint density at radius 2 is 2.00 bits per heavy atom. The van der Waals surface area contributed by atoms with Gasteiger partial charge in [0.2, 0.25) is 5.82 Å². The minimum absolute atomic E-state index is 0.189. The molecule has 1 saturated carbocycles. The normalized spacial score (nSPS) is 22.4. The van der Waals surface area contributed by atoms with Gasteiger partial charge in [-0.1, -0.05) is 17.3 Å². The summed E-state index contributed by atoms with van der Waals surface area (Å²) in [4.78, 5) is 4.17. The topological polar surface area (TPSA) is 74.2 Å². The van der Waals surface area contributed by atoms with E-state index in [0.29, 0.717) is 17.5 Å². The number of nitrogens with zero attached hydrogens (tertiary/aromatic N) is 2. The van der Waals surface area contributed by atoms with Crippen molar-refractivity contribution in [3.8, 4) is 11.4 Å². The fourth-order valence-electron chi connectivity index (χ4n) is 2.51. The van der Waals surface area contributed by atoms with E-state index in [1.54, 1.807) is 18.2 Å². The van der Waals surface area contributed by atoms with Crippen LogP contribution >= 0.6 is 0 Å². The highest BCUT2D eigenvalue weighted by atomic mass is 19.1. The van der Waals surface area contributed by atoms with Crippen molar-refractivity contribution in [2.24, 2.45) is 5.73 Å². The molecule has 0 spiro atoms. The lowest BCUT2D eigenvalue weighted by atomic mass is 9.94. The third-order valence-corrected chi connectivity index (χ3v) is 3.74. The molecule has 1 aromatic heterocycles. The van der Waals surface area contributed by atoms with Crippen molar-refractivity contribution in [3.05, 3.63) is 36.0 Å². The summed E-state index contributed by atoms with van der Waals surface area (Å²) >= 11 is 0. The molecular weight excluding hydrogens is 273 g/mol. The van der Waals surface area contributed by atoms with Crippen LogP contribution in [0.25, 0.3) is 11.4 Å². The summed E-state index contributed by atoms with van der Waals surface area (Å²) in [6.07, 6.45) is 4.06. The molecule has 0 unspecified atom stereocenters. The molecule has 0 atom stereocenters. The lowest BCUT2D eigenvalue weighted by Gasteiger charge is -2.25. The smallest absolute Gasteiger partial charge is 0.252 e. The first-order valence-electron chi connectivity index (χ1n) is 7.17. The molecule has 0 aliphatic heterocycles. The van der Waals surface area contributed by atoms with Crippen LogP contribution in [0, 0.1) is 5.82 Å². The van der Waals surface area contributed by atoms with E-state index in [0.717, 1.165) is 25.7 Å². The summed E-state index contributed by atoms with van der Waals surface area (Å²) in [6.45, 7) is 0.251. The maximum Gasteiger partial charge on any atom is 0.252 e. The van der Waals surface area contributed by atoms with Gasteiger partial charge < -0.3 is 15.0 Å². The largest absolute Gasteiger partial charge is 0.368 e. The van der Waals surface area contributed by atoms with Crippen molar-refractivity contribution in [2.75, 3.05) is 0 Å². The van der Waals surface area contributed by atoms with Gasteiger partial charge in [0.25, 0.3) is 5.89 Å². The van der Waals surface area contributed by atoms with Crippen LogP contribution in [0.5, 0.6) is 0 Å². The Bertz CT molecular complexity index is 594. The molecule has 0 bridgehead atoms. The van der Waals surface area contributed by atoms with Gasteiger partial charge >= 0.3 is 0 Å². The first-order chi connectivity index (χ1) is 10.2. The maximum atomic E-state index is 13.6. The highest BCUT2D eigenvalue weighted by molar-refractivity contribution is 5.54. The minimum atomic E-state index is -0.368. The molecule has 0 saturated heterocycles. The SMILES string of the molecule is NC1CCC(OCc2nc(-c3ccccc3F)no2)CC1. The third-order valence-electron chi connectivity index (χ3n) is 3.74. The predicted octanol–water partition coefficient (Wildman–Crippen LogP) is 2.66. The van der Waals surface area contributed by atoms with Gasteiger partial charge in [0.1, 0.15) is 12.4 Å². The first kappa shape index (κ1) is 14.2. The Kier molecular flexibility index (Phi) is 4.26. The van der Waals surface area contributed by atoms with Gasteiger partial charge in [0.05, 0.1) is 11.7 Å². The van der Waals surface area contributed by atoms with Gasteiger partial charge in [-0.25, -0.2) is 4.39 Å². The van der Waals surface area contributed by atoms with Crippen molar-refractivity contribution in [1.29, 1.82) is 0 Å². The Morgan fingerprint density at radius 1 is 1.24 bits per heavy atom. The van der Waals surface area contributed by atoms with Gasteiger partial charge in [0, 0.05) is 6.04 Å². The predicted molar refractivity (Wildman–Crippen MR) is 74.7 cm³/mol. The number of rotatable bonds is 4. The van der Waals surface area contributed by atoms with Crippen LogP contribution in [-0.2, 0) is 11.3 Å². The number of hydrogen-bond acceptors (Lipinski definition) is 5. The quantitative estimate of drug-likeness (QED) is 0.937.